The fraction of sp³-hybridized carbons (Fsp3) is 0.519. The van der Waals surface area contributed by atoms with E-state index in [0.29, 0.717) is 18.4 Å². The summed E-state index contributed by atoms with van der Waals surface area (Å²) in [6.45, 7) is 1.88. The molecule has 2 aliphatic carbocycles. The zero-order valence-corrected chi connectivity index (χ0v) is 21.1. The summed E-state index contributed by atoms with van der Waals surface area (Å²) in [6.07, 6.45) is 10.3. The van der Waals surface area contributed by atoms with Gasteiger partial charge < -0.3 is 14.0 Å². The average molecular weight is 536 g/mol. The average Bonchev–Trinajstić information content (AvgIpc) is 3.37. The van der Waals surface area contributed by atoms with E-state index in [1.807, 2.05) is 18.3 Å². The second kappa shape index (κ2) is 8.04. The Kier molecular flexibility index (Phi) is 5.40. The highest BCUT2D eigenvalue weighted by Crippen LogP contribution is 2.68. The second-order valence-corrected chi connectivity index (χ2v) is 12.5. The molecule has 1 saturated carbocycles. The summed E-state index contributed by atoms with van der Waals surface area (Å²) >= 11 is 0. The van der Waals surface area contributed by atoms with Crippen molar-refractivity contribution in [3.05, 3.63) is 65.7 Å². The van der Waals surface area contributed by atoms with Crippen molar-refractivity contribution in [1.82, 2.24) is 4.98 Å². The summed E-state index contributed by atoms with van der Waals surface area (Å²) in [6, 6.07) is 8.44. The zero-order chi connectivity index (χ0) is 26.3. The number of aromatic nitrogens is 1. The third-order valence-corrected chi connectivity index (χ3v) is 10.2. The Morgan fingerprint density at radius 1 is 1.19 bits per heavy atom. The molecule has 1 aromatic carbocycles. The van der Waals surface area contributed by atoms with E-state index in [2.05, 4.69) is 34.3 Å². The standard InChI is InChI=1S/C27H28F3NO5S/c1-24-8-6-20-15-23(35-37(33,34)27(28,29)30)25(11-13-32)9-10-26(20,36-25)22(24)5-4-21(24)18-3-2-17-7-12-31-16-19(17)14-18/h2-3,6-7,12,14-16,21-22,32H,4-5,8-11,13H2,1H3/t21-,22-,24-,25-,26-/m1/s1. The molecular formula is C27H28F3NO5S. The van der Waals surface area contributed by atoms with E-state index < -0.39 is 32.6 Å². The van der Waals surface area contributed by atoms with E-state index >= 15 is 0 Å². The molecule has 0 unspecified atom stereocenters. The number of aliphatic hydroxyl groups is 1. The molecule has 2 fully saturated rings. The summed E-state index contributed by atoms with van der Waals surface area (Å²) in [5, 5.41) is 12.0. The molecular weight excluding hydrogens is 507 g/mol. The van der Waals surface area contributed by atoms with Crippen LogP contribution in [0.4, 0.5) is 13.2 Å². The number of benzene rings is 1. The van der Waals surface area contributed by atoms with Crippen LogP contribution in [0, 0.1) is 11.3 Å². The highest BCUT2D eigenvalue weighted by Gasteiger charge is 2.67. The maximum atomic E-state index is 13.2. The van der Waals surface area contributed by atoms with Gasteiger partial charge in [-0.1, -0.05) is 25.1 Å². The maximum absolute atomic E-state index is 13.2. The first-order valence-electron chi connectivity index (χ1n) is 12.5. The van der Waals surface area contributed by atoms with E-state index in [1.165, 1.54) is 11.6 Å². The Bertz CT molecular complexity index is 1440. The fourth-order valence-corrected chi connectivity index (χ4v) is 8.05. The summed E-state index contributed by atoms with van der Waals surface area (Å²) in [7, 11) is -5.87. The van der Waals surface area contributed by atoms with Gasteiger partial charge in [0.1, 0.15) is 5.60 Å². The van der Waals surface area contributed by atoms with Crippen molar-refractivity contribution in [3.8, 4) is 0 Å². The lowest BCUT2D eigenvalue weighted by molar-refractivity contribution is -0.143. The predicted molar refractivity (Wildman–Crippen MR) is 130 cm³/mol. The van der Waals surface area contributed by atoms with Gasteiger partial charge in [-0.3, -0.25) is 4.98 Å². The van der Waals surface area contributed by atoms with Gasteiger partial charge in [0, 0.05) is 30.8 Å². The number of rotatable bonds is 5. The van der Waals surface area contributed by atoms with Crippen LogP contribution in [0.25, 0.3) is 10.8 Å². The van der Waals surface area contributed by atoms with Crippen LogP contribution in [0.3, 0.4) is 0 Å². The molecule has 1 spiro atoms. The summed E-state index contributed by atoms with van der Waals surface area (Å²) < 4.78 is 74.6. The molecule has 1 N–H and O–H groups in total. The van der Waals surface area contributed by atoms with Crippen molar-refractivity contribution < 1.29 is 35.6 Å². The minimum absolute atomic E-state index is 0.0498. The van der Waals surface area contributed by atoms with Crippen LogP contribution in [0.2, 0.25) is 0 Å². The smallest absolute Gasteiger partial charge is 0.396 e. The molecule has 0 amide bonds. The topological polar surface area (TPSA) is 85.7 Å². The number of ether oxygens (including phenoxy) is 1. The minimum atomic E-state index is -5.87. The summed E-state index contributed by atoms with van der Waals surface area (Å²) in [5.74, 6) is -0.0661. The third-order valence-electron chi connectivity index (χ3n) is 9.23. The Hall–Kier alpha value is -2.43. The molecule has 0 radical (unpaired) electrons. The number of hydrogen-bond donors (Lipinski definition) is 1. The minimum Gasteiger partial charge on any atom is -0.396 e. The summed E-state index contributed by atoms with van der Waals surface area (Å²) in [5.41, 5.74) is -6.00. The van der Waals surface area contributed by atoms with Crippen molar-refractivity contribution in [3.63, 3.8) is 0 Å². The number of alkyl halides is 3. The van der Waals surface area contributed by atoms with E-state index in [1.54, 1.807) is 6.20 Å². The molecule has 198 valence electrons. The van der Waals surface area contributed by atoms with Crippen LogP contribution < -0.4 is 0 Å². The van der Waals surface area contributed by atoms with Crippen LogP contribution >= 0.6 is 0 Å². The molecule has 1 aromatic heterocycles. The van der Waals surface area contributed by atoms with Gasteiger partial charge in [-0.15, -0.1) is 0 Å². The first-order valence-corrected chi connectivity index (χ1v) is 13.9. The van der Waals surface area contributed by atoms with E-state index in [4.69, 9.17) is 4.74 Å². The number of fused-ring (bicyclic) bond motifs is 3. The number of allylic oxidation sites excluding steroid dienone is 1. The molecule has 2 bridgehead atoms. The molecule has 4 aliphatic rings. The number of halogens is 3. The molecule has 6 rings (SSSR count). The maximum Gasteiger partial charge on any atom is 0.534 e. The predicted octanol–water partition coefficient (Wildman–Crippen LogP) is 5.50. The Balaban J connectivity index is 1.41. The van der Waals surface area contributed by atoms with Crippen molar-refractivity contribution in [2.24, 2.45) is 11.3 Å². The zero-order valence-electron chi connectivity index (χ0n) is 20.3. The lowest BCUT2D eigenvalue weighted by atomic mass is 9.58. The highest BCUT2D eigenvalue weighted by atomic mass is 32.2. The normalized spacial score (nSPS) is 35.1. The van der Waals surface area contributed by atoms with Crippen molar-refractivity contribution in [2.75, 3.05) is 6.61 Å². The van der Waals surface area contributed by atoms with Crippen molar-refractivity contribution >= 4 is 20.9 Å². The first kappa shape index (κ1) is 24.9. The van der Waals surface area contributed by atoms with Crippen LogP contribution in [0.1, 0.15) is 56.9 Å². The molecule has 3 heterocycles. The SMILES string of the molecule is C[C@]12CC=C3C=C(OS(=O)(=O)C(F)(F)F)[C@]4(CCO)CC[C@]3(O4)[C@@H]1CC[C@@H]2c1ccc2ccncc2c1. The first-order chi connectivity index (χ1) is 17.4. The summed E-state index contributed by atoms with van der Waals surface area (Å²) in [4.78, 5) is 4.25. The molecule has 6 nitrogen and oxygen atoms in total. The van der Waals surface area contributed by atoms with Gasteiger partial charge in [-0.2, -0.15) is 21.6 Å². The van der Waals surface area contributed by atoms with Gasteiger partial charge in [0.25, 0.3) is 0 Å². The molecule has 1 saturated heterocycles. The van der Waals surface area contributed by atoms with Crippen LogP contribution in [0.5, 0.6) is 0 Å². The quantitative estimate of drug-likeness (QED) is 0.402. The second-order valence-electron chi connectivity index (χ2n) is 11.0. The number of aliphatic hydroxyl groups excluding tert-OH is 1. The number of hydrogen-bond acceptors (Lipinski definition) is 6. The van der Waals surface area contributed by atoms with E-state index in [-0.39, 0.29) is 36.7 Å². The van der Waals surface area contributed by atoms with Gasteiger partial charge in [0.2, 0.25) is 0 Å². The van der Waals surface area contributed by atoms with E-state index in [0.717, 1.165) is 23.6 Å². The van der Waals surface area contributed by atoms with Gasteiger partial charge in [-0.05, 0) is 84.1 Å². The van der Waals surface area contributed by atoms with Crippen molar-refractivity contribution in [1.29, 1.82) is 0 Å². The highest BCUT2D eigenvalue weighted by molar-refractivity contribution is 7.87. The van der Waals surface area contributed by atoms with E-state index in [9.17, 15) is 26.7 Å². The Morgan fingerprint density at radius 3 is 2.76 bits per heavy atom. The van der Waals surface area contributed by atoms with Gasteiger partial charge in [0.15, 0.2) is 5.76 Å². The monoisotopic (exact) mass is 535 g/mol. The lowest BCUT2D eigenvalue weighted by Gasteiger charge is -2.52. The van der Waals surface area contributed by atoms with Crippen LogP contribution in [-0.2, 0) is 19.0 Å². The van der Waals surface area contributed by atoms with Gasteiger partial charge >= 0.3 is 15.6 Å². The molecule has 37 heavy (non-hydrogen) atoms. The van der Waals surface area contributed by atoms with Crippen molar-refractivity contribution in [2.45, 2.75) is 68.1 Å². The number of pyridine rings is 1. The fourth-order valence-electron chi connectivity index (χ4n) is 7.52. The lowest BCUT2D eigenvalue weighted by Crippen LogP contribution is -2.53. The van der Waals surface area contributed by atoms with Gasteiger partial charge in [0.05, 0.1) is 5.60 Å². The largest absolute Gasteiger partial charge is 0.534 e. The molecule has 10 heteroatoms. The third kappa shape index (κ3) is 3.51. The van der Waals surface area contributed by atoms with Gasteiger partial charge in [-0.25, -0.2) is 0 Å². The Labute approximate surface area is 213 Å². The number of nitrogens with zero attached hydrogens (tertiary/aromatic N) is 1. The Morgan fingerprint density at radius 2 is 2.00 bits per heavy atom. The molecule has 2 aliphatic heterocycles. The van der Waals surface area contributed by atoms with Crippen LogP contribution in [-0.4, -0.2) is 41.8 Å². The van der Waals surface area contributed by atoms with Crippen LogP contribution in [0.15, 0.2) is 60.1 Å². The molecule has 5 atom stereocenters. The molecule has 2 aromatic rings.